The molecule has 6 rings (SSSR count). The van der Waals surface area contributed by atoms with E-state index in [1.54, 1.807) is 24.3 Å². The first-order chi connectivity index (χ1) is 18.1. The Labute approximate surface area is 215 Å². The van der Waals surface area contributed by atoms with Crippen molar-refractivity contribution in [2.75, 3.05) is 0 Å². The maximum Gasteiger partial charge on any atom is 0.252 e. The Morgan fingerprint density at radius 3 is 1.59 bits per heavy atom. The number of phenols is 2. The Kier molecular flexibility index (Phi) is 5.70. The fourth-order valence-corrected chi connectivity index (χ4v) is 5.36. The van der Waals surface area contributed by atoms with E-state index in [1.165, 1.54) is 0 Å². The first-order valence-corrected chi connectivity index (χ1v) is 12.3. The molecule has 5 aromatic rings. The minimum Gasteiger partial charge on any atom is -0.508 e. The van der Waals surface area contributed by atoms with Crippen LogP contribution in [0.3, 0.4) is 0 Å². The molecule has 0 atom stereocenters. The van der Waals surface area contributed by atoms with Crippen LogP contribution in [-0.2, 0) is 0 Å². The number of hydrogen-bond donors (Lipinski definition) is 3. The van der Waals surface area contributed by atoms with Gasteiger partial charge in [-0.2, -0.15) is 0 Å². The van der Waals surface area contributed by atoms with Crippen molar-refractivity contribution in [2.24, 2.45) is 0 Å². The third-order valence-corrected chi connectivity index (χ3v) is 7.08. The highest BCUT2D eigenvalue weighted by atomic mass is 16.3. The lowest BCUT2D eigenvalue weighted by Gasteiger charge is -2.23. The van der Waals surface area contributed by atoms with Crippen molar-refractivity contribution in [2.45, 2.75) is 12.0 Å². The number of rotatable bonds is 5. The maximum atomic E-state index is 13.9. The van der Waals surface area contributed by atoms with Gasteiger partial charge >= 0.3 is 0 Å². The summed E-state index contributed by atoms with van der Waals surface area (Å²) in [5, 5.41) is 23.1. The second-order valence-corrected chi connectivity index (χ2v) is 9.28. The van der Waals surface area contributed by atoms with Crippen molar-refractivity contribution in [1.82, 2.24) is 5.32 Å². The van der Waals surface area contributed by atoms with Gasteiger partial charge in [-0.15, -0.1) is 0 Å². The molecule has 1 amide bonds. The molecule has 0 aliphatic heterocycles. The van der Waals surface area contributed by atoms with E-state index in [4.69, 9.17) is 0 Å². The standard InChI is InChI=1S/C33H25NO3/c35-23-17-13-21(14-18-23)31(22-15-19-24(36)20-16-22)27-9-3-6-12-30(27)33(37)34-32-28-10-4-1-7-25(28)26-8-2-5-11-29(26)32/h1-20,31-32,35-36H,(H,34,37). The quantitative estimate of drug-likeness (QED) is 0.241. The average Bonchev–Trinajstić information content (AvgIpc) is 3.25. The molecule has 1 aliphatic carbocycles. The fraction of sp³-hybridized carbons (Fsp3) is 0.0606. The van der Waals surface area contributed by atoms with Crippen LogP contribution in [0.4, 0.5) is 0 Å². The van der Waals surface area contributed by atoms with E-state index in [0.29, 0.717) is 5.56 Å². The molecule has 0 saturated carbocycles. The topological polar surface area (TPSA) is 69.6 Å². The summed E-state index contributed by atoms with van der Waals surface area (Å²) in [6, 6.07) is 37.8. The van der Waals surface area contributed by atoms with Crippen LogP contribution < -0.4 is 5.32 Å². The molecule has 0 saturated heterocycles. The predicted octanol–water partition coefficient (Wildman–Crippen LogP) is 6.78. The van der Waals surface area contributed by atoms with Crippen molar-refractivity contribution < 1.29 is 15.0 Å². The van der Waals surface area contributed by atoms with Crippen molar-refractivity contribution in [3.05, 3.63) is 155 Å². The summed E-state index contributed by atoms with van der Waals surface area (Å²) in [4.78, 5) is 13.9. The molecule has 3 N–H and O–H groups in total. The zero-order valence-electron chi connectivity index (χ0n) is 20.0. The molecule has 0 aromatic heterocycles. The molecular formula is C33H25NO3. The first-order valence-electron chi connectivity index (χ1n) is 12.3. The van der Waals surface area contributed by atoms with Crippen molar-refractivity contribution >= 4 is 5.91 Å². The Balaban J connectivity index is 1.42. The summed E-state index contributed by atoms with van der Waals surface area (Å²) in [6.07, 6.45) is 0. The Hall–Kier alpha value is -4.83. The highest BCUT2D eigenvalue weighted by Gasteiger charge is 2.31. The number of carbonyl (C=O) groups excluding carboxylic acids is 1. The number of phenolic OH excluding ortho intramolecular Hbond substituents is 2. The van der Waals surface area contributed by atoms with Gasteiger partial charge in [-0.1, -0.05) is 91.0 Å². The monoisotopic (exact) mass is 483 g/mol. The molecule has 4 nitrogen and oxygen atoms in total. The average molecular weight is 484 g/mol. The zero-order chi connectivity index (χ0) is 25.4. The van der Waals surface area contributed by atoms with Gasteiger partial charge in [0.1, 0.15) is 11.5 Å². The maximum absolute atomic E-state index is 13.9. The molecule has 0 unspecified atom stereocenters. The van der Waals surface area contributed by atoms with Crippen LogP contribution in [0.15, 0.2) is 121 Å². The van der Waals surface area contributed by atoms with Gasteiger partial charge in [0, 0.05) is 11.5 Å². The lowest BCUT2D eigenvalue weighted by Crippen LogP contribution is -2.29. The van der Waals surface area contributed by atoms with Gasteiger partial charge in [-0.05, 0) is 69.3 Å². The number of carbonyl (C=O) groups is 1. The highest BCUT2D eigenvalue weighted by molar-refractivity contribution is 5.97. The molecule has 37 heavy (non-hydrogen) atoms. The molecule has 0 spiro atoms. The van der Waals surface area contributed by atoms with Gasteiger partial charge in [-0.25, -0.2) is 0 Å². The molecule has 0 fully saturated rings. The minimum absolute atomic E-state index is 0.158. The summed E-state index contributed by atoms with van der Waals surface area (Å²) >= 11 is 0. The van der Waals surface area contributed by atoms with Gasteiger partial charge in [0.05, 0.1) is 6.04 Å². The normalized spacial score (nSPS) is 12.2. The van der Waals surface area contributed by atoms with Crippen molar-refractivity contribution in [1.29, 1.82) is 0 Å². The smallest absolute Gasteiger partial charge is 0.252 e. The SMILES string of the molecule is O=C(NC1c2ccccc2-c2ccccc21)c1ccccc1C(c1ccc(O)cc1)c1ccc(O)cc1. The van der Waals surface area contributed by atoms with Gasteiger partial charge in [-0.3, -0.25) is 4.79 Å². The van der Waals surface area contributed by atoms with Crippen LogP contribution in [0.5, 0.6) is 11.5 Å². The van der Waals surface area contributed by atoms with E-state index < -0.39 is 0 Å². The van der Waals surface area contributed by atoms with E-state index in [1.807, 2.05) is 72.8 Å². The Morgan fingerprint density at radius 1 is 0.595 bits per heavy atom. The molecule has 0 heterocycles. The van der Waals surface area contributed by atoms with E-state index >= 15 is 0 Å². The van der Waals surface area contributed by atoms with E-state index in [-0.39, 0.29) is 29.4 Å². The number of hydrogen-bond acceptors (Lipinski definition) is 3. The molecule has 0 bridgehead atoms. The van der Waals surface area contributed by atoms with Crippen molar-refractivity contribution in [3.8, 4) is 22.6 Å². The summed E-state index contributed by atoms with van der Waals surface area (Å²) in [6.45, 7) is 0. The zero-order valence-corrected chi connectivity index (χ0v) is 20.0. The van der Waals surface area contributed by atoms with Gasteiger partial charge in [0.15, 0.2) is 0 Å². The summed E-state index contributed by atoms with van der Waals surface area (Å²) in [5.41, 5.74) is 7.74. The molecule has 1 aliphatic rings. The molecular weight excluding hydrogens is 458 g/mol. The van der Waals surface area contributed by atoms with Gasteiger partial charge < -0.3 is 15.5 Å². The van der Waals surface area contributed by atoms with Crippen LogP contribution in [0.2, 0.25) is 0 Å². The second kappa shape index (κ2) is 9.32. The summed E-state index contributed by atoms with van der Waals surface area (Å²) in [5.74, 6) is -0.0726. The number of benzene rings is 5. The van der Waals surface area contributed by atoms with Crippen LogP contribution in [-0.4, -0.2) is 16.1 Å². The molecule has 5 aromatic carbocycles. The highest BCUT2D eigenvalue weighted by Crippen LogP contribution is 2.43. The fourth-order valence-electron chi connectivity index (χ4n) is 5.36. The van der Waals surface area contributed by atoms with Gasteiger partial charge in [0.25, 0.3) is 5.91 Å². The number of nitrogens with one attached hydrogen (secondary N) is 1. The first kappa shape index (κ1) is 22.6. The molecule has 180 valence electrons. The third kappa shape index (κ3) is 4.13. The van der Waals surface area contributed by atoms with Crippen LogP contribution >= 0.6 is 0 Å². The predicted molar refractivity (Wildman–Crippen MR) is 145 cm³/mol. The largest absolute Gasteiger partial charge is 0.508 e. The third-order valence-electron chi connectivity index (χ3n) is 7.08. The lowest BCUT2D eigenvalue weighted by atomic mass is 9.82. The van der Waals surface area contributed by atoms with E-state index in [0.717, 1.165) is 38.9 Å². The minimum atomic E-state index is -0.272. The number of amides is 1. The summed E-state index contributed by atoms with van der Waals surface area (Å²) in [7, 11) is 0. The number of aromatic hydroxyl groups is 2. The van der Waals surface area contributed by atoms with Crippen LogP contribution in [0, 0.1) is 0 Å². The lowest BCUT2D eigenvalue weighted by molar-refractivity contribution is 0.0942. The van der Waals surface area contributed by atoms with E-state index in [2.05, 4.69) is 29.6 Å². The van der Waals surface area contributed by atoms with Gasteiger partial charge in [0.2, 0.25) is 0 Å². The second-order valence-electron chi connectivity index (χ2n) is 9.28. The number of fused-ring (bicyclic) bond motifs is 3. The molecule has 4 heteroatoms. The Morgan fingerprint density at radius 2 is 1.05 bits per heavy atom. The molecule has 0 radical (unpaired) electrons. The Bertz CT molecular complexity index is 1500. The van der Waals surface area contributed by atoms with Crippen molar-refractivity contribution in [3.63, 3.8) is 0 Å². The van der Waals surface area contributed by atoms with E-state index in [9.17, 15) is 15.0 Å². The summed E-state index contributed by atoms with van der Waals surface area (Å²) < 4.78 is 0. The van der Waals surface area contributed by atoms with Crippen LogP contribution in [0.1, 0.15) is 50.1 Å². The van der Waals surface area contributed by atoms with Crippen LogP contribution in [0.25, 0.3) is 11.1 Å².